The number of fused-ring (bicyclic) bond motifs is 3. The number of rotatable bonds is 6. The molecule has 44 heavy (non-hydrogen) atoms. The summed E-state index contributed by atoms with van der Waals surface area (Å²) in [7, 11) is 0. The molecule has 3 aliphatic rings. The van der Waals surface area contributed by atoms with E-state index in [0.717, 1.165) is 25.8 Å². The molecule has 2 aromatic heterocycles. The fraction of sp³-hybridized carbons (Fsp3) is 0.485. The number of aliphatic hydroxyl groups is 1. The van der Waals surface area contributed by atoms with Gasteiger partial charge in [0.2, 0.25) is 0 Å². The minimum absolute atomic E-state index is 0.0382. The van der Waals surface area contributed by atoms with E-state index in [9.17, 15) is 19.0 Å². The number of phenols is 1. The quantitative estimate of drug-likeness (QED) is 0.289. The smallest absolute Gasteiger partial charge is 0.319 e. The zero-order valence-electron chi connectivity index (χ0n) is 24.9. The molecule has 2 aromatic carbocycles. The summed E-state index contributed by atoms with van der Waals surface area (Å²) in [6.45, 7) is 5.65. The molecule has 0 amide bonds. The highest BCUT2D eigenvalue weighted by atomic mass is 19.1. The van der Waals surface area contributed by atoms with Crippen molar-refractivity contribution in [2.45, 2.75) is 76.2 Å². The lowest BCUT2D eigenvalue weighted by molar-refractivity contribution is 0.107. The van der Waals surface area contributed by atoms with E-state index < -0.39 is 29.4 Å². The number of nitrogens with zero attached hydrogens (tertiary/aromatic N) is 5. The first-order valence-electron chi connectivity index (χ1n) is 15.5. The first-order chi connectivity index (χ1) is 21.2. The van der Waals surface area contributed by atoms with Crippen LogP contribution in [0.1, 0.15) is 51.5 Å². The molecule has 0 aliphatic carbocycles. The summed E-state index contributed by atoms with van der Waals surface area (Å²) < 4.78 is 52.3. The van der Waals surface area contributed by atoms with Gasteiger partial charge in [-0.3, -0.25) is 9.88 Å². The molecule has 232 valence electrons. The zero-order chi connectivity index (χ0) is 30.7. The van der Waals surface area contributed by atoms with Gasteiger partial charge in [0.05, 0.1) is 23.1 Å². The number of ether oxygens (including phenoxy) is 1. The van der Waals surface area contributed by atoms with Gasteiger partial charge in [-0.1, -0.05) is 13.0 Å². The van der Waals surface area contributed by atoms with Crippen molar-refractivity contribution >= 4 is 27.5 Å². The van der Waals surface area contributed by atoms with Crippen LogP contribution in [0.4, 0.5) is 19.0 Å². The van der Waals surface area contributed by atoms with Gasteiger partial charge < -0.3 is 19.8 Å². The Morgan fingerprint density at radius 3 is 2.80 bits per heavy atom. The number of aliphatic hydroxyl groups excluding tert-OH is 1. The lowest BCUT2D eigenvalue weighted by atomic mass is 9.94. The highest BCUT2D eigenvalue weighted by Crippen LogP contribution is 2.42. The SMILES string of the molecule is CCc1c(F)ccc2cc(O)cc(-c3ncc4c(N5CCC[C@@H](O)[C@@H]5C)nc(OC[C@@]56CCCN5C[C@H](F)C6)nc4c3F)c12. The standard InChI is InChI=1S/C33H36F3N5O3/c1-3-22-25(35)8-7-19-12-21(42)13-23(27(19)22)29-28(36)30-24(15-37-29)31(41-11-4-6-26(43)18(41)2)39-32(38-30)44-17-33-9-5-10-40(33)16-20(34)14-33/h7-8,12-13,15,18,20,26,42-43H,3-6,9-11,14,16-17H2,1-2H3/t18-,20+,26+,33-/m0/s1. The van der Waals surface area contributed by atoms with Gasteiger partial charge in [-0.05, 0) is 80.1 Å². The van der Waals surface area contributed by atoms with Crippen LogP contribution in [-0.4, -0.2) is 80.2 Å². The minimum Gasteiger partial charge on any atom is -0.508 e. The maximum atomic E-state index is 16.7. The van der Waals surface area contributed by atoms with Crippen LogP contribution in [0.25, 0.3) is 32.9 Å². The maximum Gasteiger partial charge on any atom is 0.319 e. The molecule has 11 heteroatoms. The predicted octanol–water partition coefficient (Wildman–Crippen LogP) is 5.70. The Morgan fingerprint density at radius 1 is 1.14 bits per heavy atom. The van der Waals surface area contributed by atoms with E-state index in [1.165, 1.54) is 24.4 Å². The molecule has 8 nitrogen and oxygen atoms in total. The monoisotopic (exact) mass is 607 g/mol. The number of phenolic OH excluding ortho intramolecular Hbond substituents is 1. The second-order valence-electron chi connectivity index (χ2n) is 12.5. The third kappa shape index (κ3) is 4.72. The molecular weight excluding hydrogens is 571 g/mol. The molecule has 0 saturated carbocycles. The molecule has 3 saturated heterocycles. The molecule has 0 bridgehead atoms. The van der Waals surface area contributed by atoms with Gasteiger partial charge in [-0.15, -0.1) is 0 Å². The van der Waals surface area contributed by atoms with Gasteiger partial charge in [0.25, 0.3) is 0 Å². The summed E-state index contributed by atoms with van der Waals surface area (Å²) in [6, 6.07) is 5.46. The van der Waals surface area contributed by atoms with E-state index in [4.69, 9.17) is 9.72 Å². The Kier molecular flexibility index (Phi) is 7.28. The average molecular weight is 608 g/mol. The summed E-state index contributed by atoms with van der Waals surface area (Å²) >= 11 is 0. The van der Waals surface area contributed by atoms with Crippen LogP contribution in [-0.2, 0) is 6.42 Å². The summed E-state index contributed by atoms with van der Waals surface area (Å²) in [4.78, 5) is 17.8. The largest absolute Gasteiger partial charge is 0.508 e. The van der Waals surface area contributed by atoms with Crippen LogP contribution in [0.3, 0.4) is 0 Å². The molecule has 4 aromatic rings. The minimum atomic E-state index is -0.927. The van der Waals surface area contributed by atoms with E-state index in [1.807, 2.05) is 18.7 Å². The Labute approximate surface area is 253 Å². The molecule has 5 heterocycles. The number of halogens is 3. The number of aromatic hydroxyl groups is 1. The Morgan fingerprint density at radius 2 is 1.98 bits per heavy atom. The normalized spacial score (nSPS) is 25.7. The first kappa shape index (κ1) is 29.0. The fourth-order valence-electron chi connectivity index (χ4n) is 7.59. The topological polar surface area (TPSA) is 94.8 Å². The number of aromatic nitrogens is 3. The van der Waals surface area contributed by atoms with Gasteiger partial charge >= 0.3 is 6.01 Å². The molecular formula is C33H36F3N5O3. The lowest BCUT2D eigenvalue weighted by Crippen LogP contribution is -2.47. The van der Waals surface area contributed by atoms with Crippen molar-refractivity contribution < 1.29 is 28.1 Å². The summed E-state index contributed by atoms with van der Waals surface area (Å²) in [6.07, 6.45) is 3.80. The van der Waals surface area contributed by atoms with E-state index >= 15 is 4.39 Å². The Bertz CT molecular complexity index is 1760. The van der Waals surface area contributed by atoms with Crippen LogP contribution in [0, 0.1) is 11.6 Å². The van der Waals surface area contributed by atoms with E-state index in [0.29, 0.717) is 59.9 Å². The number of hydrogen-bond donors (Lipinski definition) is 2. The predicted molar refractivity (Wildman–Crippen MR) is 162 cm³/mol. The molecule has 0 unspecified atom stereocenters. The van der Waals surface area contributed by atoms with Gasteiger partial charge in [-0.2, -0.15) is 9.97 Å². The van der Waals surface area contributed by atoms with Crippen LogP contribution < -0.4 is 9.64 Å². The zero-order valence-corrected chi connectivity index (χ0v) is 24.9. The molecule has 4 atom stereocenters. The van der Waals surface area contributed by atoms with Crippen molar-refractivity contribution in [2.24, 2.45) is 0 Å². The fourth-order valence-corrected chi connectivity index (χ4v) is 7.59. The second-order valence-corrected chi connectivity index (χ2v) is 12.5. The number of hydrogen-bond acceptors (Lipinski definition) is 8. The van der Waals surface area contributed by atoms with Crippen LogP contribution in [0.5, 0.6) is 11.8 Å². The molecule has 0 spiro atoms. The van der Waals surface area contributed by atoms with Crippen LogP contribution >= 0.6 is 0 Å². The summed E-state index contributed by atoms with van der Waals surface area (Å²) in [5, 5.41) is 22.6. The molecule has 3 fully saturated rings. The highest BCUT2D eigenvalue weighted by Gasteiger charge is 2.49. The van der Waals surface area contributed by atoms with E-state index in [-0.39, 0.29) is 41.2 Å². The average Bonchev–Trinajstić information content (AvgIpc) is 3.53. The van der Waals surface area contributed by atoms with Gasteiger partial charge in [0, 0.05) is 31.3 Å². The third-order valence-corrected chi connectivity index (χ3v) is 9.86. The van der Waals surface area contributed by atoms with Gasteiger partial charge in [0.1, 0.15) is 41.4 Å². The van der Waals surface area contributed by atoms with Crippen molar-refractivity contribution in [3.63, 3.8) is 0 Å². The lowest BCUT2D eigenvalue weighted by Gasteiger charge is -2.38. The van der Waals surface area contributed by atoms with E-state index in [1.54, 1.807) is 6.07 Å². The van der Waals surface area contributed by atoms with Crippen molar-refractivity contribution in [1.29, 1.82) is 0 Å². The number of pyridine rings is 1. The molecule has 3 aliphatic heterocycles. The van der Waals surface area contributed by atoms with Crippen LogP contribution in [0.15, 0.2) is 30.5 Å². The van der Waals surface area contributed by atoms with Gasteiger partial charge in [0.15, 0.2) is 5.82 Å². The summed E-state index contributed by atoms with van der Waals surface area (Å²) in [5.41, 5.74) is 0.0719. The van der Waals surface area contributed by atoms with Crippen molar-refractivity contribution in [3.8, 4) is 23.0 Å². The molecule has 2 N–H and O–H groups in total. The summed E-state index contributed by atoms with van der Waals surface area (Å²) in [5.74, 6) is -0.890. The van der Waals surface area contributed by atoms with Crippen molar-refractivity contribution in [1.82, 2.24) is 19.9 Å². The Balaban J connectivity index is 1.39. The number of aryl methyl sites for hydroxylation is 1. The van der Waals surface area contributed by atoms with Crippen LogP contribution in [0.2, 0.25) is 0 Å². The third-order valence-electron chi connectivity index (χ3n) is 9.86. The number of piperidine rings is 1. The number of benzene rings is 2. The van der Waals surface area contributed by atoms with E-state index in [2.05, 4.69) is 14.9 Å². The Hall–Kier alpha value is -3.70. The highest BCUT2D eigenvalue weighted by molar-refractivity contribution is 6.01. The van der Waals surface area contributed by atoms with Crippen molar-refractivity contribution in [3.05, 3.63) is 47.7 Å². The molecule has 7 rings (SSSR count). The number of alkyl halides is 1. The number of anilines is 1. The second kappa shape index (κ2) is 11.0. The van der Waals surface area contributed by atoms with Gasteiger partial charge in [-0.25, -0.2) is 13.2 Å². The molecule has 0 radical (unpaired) electrons. The first-order valence-corrected chi connectivity index (χ1v) is 15.5. The van der Waals surface area contributed by atoms with Crippen molar-refractivity contribution in [2.75, 3.05) is 31.1 Å². The maximum absolute atomic E-state index is 16.7.